The number of carbonyl (C=O) groups excluding carboxylic acids is 1. The highest BCUT2D eigenvalue weighted by atomic mass is 16.5. The molecule has 1 aromatic carbocycles. The van der Waals surface area contributed by atoms with Crippen molar-refractivity contribution in [1.29, 1.82) is 5.26 Å². The van der Waals surface area contributed by atoms with Gasteiger partial charge in [0.05, 0.1) is 29.6 Å². The Bertz CT molecular complexity index is 1090. The Labute approximate surface area is 169 Å². The first-order valence-corrected chi connectivity index (χ1v) is 9.97. The summed E-state index contributed by atoms with van der Waals surface area (Å²) in [7, 11) is 0. The summed E-state index contributed by atoms with van der Waals surface area (Å²) in [5.41, 5.74) is 5.88. The first kappa shape index (κ1) is 18.1. The van der Waals surface area contributed by atoms with Crippen LogP contribution in [0.15, 0.2) is 36.2 Å². The minimum Gasteiger partial charge on any atom is -0.511 e. The van der Waals surface area contributed by atoms with Crippen molar-refractivity contribution in [2.45, 2.75) is 45.3 Å². The lowest BCUT2D eigenvalue weighted by Gasteiger charge is -2.27. The molecule has 0 radical (unpaired) electrons. The molecule has 29 heavy (non-hydrogen) atoms. The van der Waals surface area contributed by atoms with Gasteiger partial charge in [0.25, 0.3) is 0 Å². The lowest BCUT2D eigenvalue weighted by atomic mass is 9.72. The number of aryl methyl sites for hydroxylation is 3. The standard InChI is InChI=1S/C24H22N2O3/c1-11-6-12(2)18(13(3)7-11)20-22(27)19-17-8-16(24(29-17)21(19)23(20)28)14-4-5-15(9-25)26-10-14/h4-7,10,16-17,19,21,24,28H,8H2,1-3H3/t16?,17?,19-,21+,24?/m0/s1. The van der Waals surface area contributed by atoms with Crippen LogP contribution in [0.25, 0.3) is 5.57 Å². The average molecular weight is 386 g/mol. The van der Waals surface area contributed by atoms with E-state index < -0.39 is 0 Å². The minimum absolute atomic E-state index is 0.00598. The van der Waals surface area contributed by atoms with Gasteiger partial charge in [-0.15, -0.1) is 0 Å². The number of hydrogen-bond acceptors (Lipinski definition) is 5. The molecule has 2 bridgehead atoms. The van der Waals surface area contributed by atoms with Gasteiger partial charge in [-0.2, -0.15) is 5.26 Å². The molecular formula is C24H22N2O3. The predicted molar refractivity (Wildman–Crippen MR) is 107 cm³/mol. The number of Topliss-reactive ketones (excluding diaryl/α,β-unsaturated/α-hetero) is 1. The van der Waals surface area contributed by atoms with E-state index in [0.29, 0.717) is 11.3 Å². The fourth-order valence-corrected chi connectivity index (χ4v) is 5.70. The van der Waals surface area contributed by atoms with Crippen molar-refractivity contribution < 1.29 is 14.6 Å². The Morgan fingerprint density at radius 1 is 1.17 bits per heavy atom. The number of ketones is 1. The van der Waals surface area contributed by atoms with Crippen molar-refractivity contribution >= 4 is 11.4 Å². The average Bonchev–Trinajstić information content (AvgIpc) is 3.34. The van der Waals surface area contributed by atoms with E-state index in [0.717, 1.165) is 34.2 Å². The summed E-state index contributed by atoms with van der Waals surface area (Å²) in [5, 5.41) is 20.2. The van der Waals surface area contributed by atoms with E-state index in [2.05, 4.69) is 17.1 Å². The quantitative estimate of drug-likeness (QED) is 0.846. The second-order valence-corrected chi connectivity index (χ2v) is 8.52. The predicted octanol–water partition coefficient (Wildman–Crippen LogP) is 3.92. The number of aromatic nitrogens is 1. The molecule has 146 valence electrons. The first-order valence-electron chi connectivity index (χ1n) is 9.97. The lowest BCUT2D eigenvalue weighted by Crippen LogP contribution is -2.33. The molecule has 2 aliphatic heterocycles. The lowest BCUT2D eigenvalue weighted by molar-refractivity contribution is -0.118. The number of fused-ring (bicyclic) bond motifs is 5. The van der Waals surface area contributed by atoms with Crippen LogP contribution in [-0.2, 0) is 9.53 Å². The van der Waals surface area contributed by atoms with E-state index in [1.165, 1.54) is 0 Å². The molecule has 2 aromatic rings. The molecule has 1 aromatic heterocycles. The van der Waals surface area contributed by atoms with Gasteiger partial charge in [-0.25, -0.2) is 4.98 Å². The zero-order valence-corrected chi connectivity index (χ0v) is 16.6. The molecule has 0 saturated carbocycles. The molecule has 1 N–H and O–H groups in total. The van der Waals surface area contributed by atoms with Gasteiger partial charge >= 0.3 is 0 Å². The number of hydrogen-bond donors (Lipinski definition) is 1. The van der Waals surface area contributed by atoms with E-state index in [-0.39, 0.29) is 41.5 Å². The zero-order chi connectivity index (χ0) is 20.4. The second-order valence-electron chi connectivity index (χ2n) is 8.52. The maximum absolute atomic E-state index is 13.4. The van der Waals surface area contributed by atoms with Crippen LogP contribution < -0.4 is 0 Å². The number of aliphatic hydroxyl groups is 1. The summed E-state index contributed by atoms with van der Waals surface area (Å²) in [4.78, 5) is 17.5. The minimum atomic E-state index is -0.308. The van der Waals surface area contributed by atoms with Gasteiger partial charge in [0.1, 0.15) is 17.5 Å². The van der Waals surface area contributed by atoms with Gasteiger partial charge in [-0.05, 0) is 55.5 Å². The number of carbonyl (C=O) groups is 1. The molecule has 2 saturated heterocycles. The molecule has 5 atom stereocenters. The van der Waals surface area contributed by atoms with Crippen molar-refractivity contribution in [3.63, 3.8) is 0 Å². The molecular weight excluding hydrogens is 364 g/mol. The topological polar surface area (TPSA) is 83.2 Å². The van der Waals surface area contributed by atoms with E-state index in [4.69, 9.17) is 10.00 Å². The highest BCUT2D eigenvalue weighted by Gasteiger charge is 2.62. The van der Waals surface area contributed by atoms with Crippen LogP contribution in [0.2, 0.25) is 0 Å². The molecule has 2 fully saturated rings. The maximum atomic E-state index is 13.4. The molecule has 3 unspecified atom stereocenters. The zero-order valence-electron chi connectivity index (χ0n) is 16.6. The van der Waals surface area contributed by atoms with E-state index in [1.54, 1.807) is 12.3 Å². The molecule has 5 rings (SSSR count). The summed E-state index contributed by atoms with van der Waals surface area (Å²) in [6.45, 7) is 6.02. The number of rotatable bonds is 2. The third kappa shape index (κ3) is 2.49. The Kier molecular flexibility index (Phi) is 3.91. The van der Waals surface area contributed by atoms with Crippen molar-refractivity contribution in [3.8, 4) is 6.07 Å². The van der Waals surface area contributed by atoms with Crippen LogP contribution in [-0.4, -0.2) is 28.1 Å². The summed E-state index contributed by atoms with van der Waals surface area (Å²) < 4.78 is 6.16. The number of ether oxygens (including phenoxy) is 1. The Morgan fingerprint density at radius 2 is 1.90 bits per heavy atom. The number of nitriles is 1. The third-order valence-corrected chi connectivity index (χ3v) is 6.73. The fourth-order valence-electron chi connectivity index (χ4n) is 5.70. The van der Waals surface area contributed by atoms with E-state index in [9.17, 15) is 9.90 Å². The number of pyridine rings is 1. The van der Waals surface area contributed by atoms with Crippen LogP contribution in [0.5, 0.6) is 0 Å². The van der Waals surface area contributed by atoms with Gasteiger partial charge in [-0.1, -0.05) is 23.8 Å². The molecule has 5 nitrogen and oxygen atoms in total. The van der Waals surface area contributed by atoms with Crippen molar-refractivity contribution in [2.75, 3.05) is 0 Å². The van der Waals surface area contributed by atoms with Crippen LogP contribution in [0, 0.1) is 43.9 Å². The van der Waals surface area contributed by atoms with Gasteiger partial charge in [0.2, 0.25) is 0 Å². The van der Waals surface area contributed by atoms with E-state index >= 15 is 0 Å². The summed E-state index contributed by atoms with van der Waals surface area (Å²) in [6, 6.07) is 9.76. The fraction of sp³-hybridized carbons (Fsp3) is 0.375. The largest absolute Gasteiger partial charge is 0.511 e. The first-order chi connectivity index (χ1) is 13.9. The van der Waals surface area contributed by atoms with Crippen LogP contribution in [0.1, 0.15) is 45.8 Å². The summed E-state index contributed by atoms with van der Waals surface area (Å²) >= 11 is 0. The monoisotopic (exact) mass is 386 g/mol. The van der Waals surface area contributed by atoms with Gasteiger partial charge < -0.3 is 9.84 Å². The van der Waals surface area contributed by atoms with Crippen LogP contribution in [0.3, 0.4) is 0 Å². The molecule has 5 heteroatoms. The third-order valence-electron chi connectivity index (χ3n) is 6.73. The molecule has 0 amide bonds. The molecule has 1 aliphatic carbocycles. The number of nitrogens with zero attached hydrogens (tertiary/aromatic N) is 2. The van der Waals surface area contributed by atoms with Crippen LogP contribution >= 0.6 is 0 Å². The summed E-state index contributed by atoms with van der Waals surface area (Å²) in [5.74, 6) is -0.369. The van der Waals surface area contributed by atoms with Crippen molar-refractivity contribution in [3.05, 3.63) is 69.7 Å². The van der Waals surface area contributed by atoms with Gasteiger partial charge in [-0.3, -0.25) is 4.79 Å². The summed E-state index contributed by atoms with van der Waals surface area (Å²) in [6.07, 6.45) is 2.02. The molecule has 3 aliphatic rings. The Hall–Kier alpha value is -2.97. The highest BCUT2D eigenvalue weighted by molar-refractivity contribution is 6.26. The normalized spacial score (nSPS) is 30.0. The Morgan fingerprint density at radius 3 is 2.52 bits per heavy atom. The Balaban J connectivity index is 1.55. The van der Waals surface area contributed by atoms with Gasteiger partial charge in [0, 0.05) is 12.1 Å². The van der Waals surface area contributed by atoms with Crippen molar-refractivity contribution in [1.82, 2.24) is 4.98 Å². The number of aliphatic hydroxyl groups excluding tert-OH is 1. The van der Waals surface area contributed by atoms with Crippen molar-refractivity contribution in [2.24, 2.45) is 11.8 Å². The maximum Gasteiger partial charge on any atom is 0.173 e. The smallest absolute Gasteiger partial charge is 0.173 e. The number of allylic oxidation sites excluding steroid dienone is 1. The van der Waals surface area contributed by atoms with Crippen LogP contribution in [0.4, 0.5) is 0 Å². The highest BCUT2D eigenvalue weighted by Crippen LogP contribution is 2.58. The SMILES string of the molecule is Cc1cc(C)c(C2=C(O)[C@@H]3C4OC(CC4c4ccc(C#N)nc4)[C@@H]3C2=O)c(C)c1. The van der Waals surface area contributed by atoms with E-state index in [1.807, 2.05) is 32.9 Å². The number of benzene rings is 1. The molecule has 0 spiro atoms. The van der Waals surface area contributed by atoms with Gasteiger partial charge in [0.15, 0.2) is 5.78 Å². The second kappa shape index (κ2) is 6.27. The molecule has 3 heterocycles.